The third-order valence-corrected chi connectivity index (χ3v) is 13.7. The number of amides is 3. The van der Waals surface area contributed by atoms with Gasteiger partial charge in [-0.1, -0.05) is 6.42 Å². The Balaban J connectivity index is 0.812. The number of imidazole rings is 1. The van der Waals surface area contributed by atoms with Crippen LogP contribution in [0.3, 0.4) is 0 Å². The topological polar surface area (TPSA) is 168 Å². The van der Waals surface area contributed by atoms with Crippen LogP contribution < -0.4 is 21.2 Å². The number of nitrogens with one attached hydrogen (secondary N) is 2. The molecular weight excluding hydrogens is 825 g/mol. The van der Waals surface area contributed by atoms with E-state index in [1.54, 1.807) is 48.7 Å². The molecular formula is C46H57F2N11O5. The summed E-state index contributed by atoms with van der Waals surface area (Å²) in [5.41, 5.74) is 6.82. The second kappa shape index (κ2) is 17.9. The van der Waals surface area contributed by atoms with Gasteiger partial charge in [-0.25, -0.2) is 13.6 Å². The Bertz CT molecular complexity index is 2640. The van der Waals surface area contributed by atoms with Crippen molar-refractivity contribution >= 4 is 45.9 Å². The Kier molecular flexibility index (Phi) is 12.1. The van der Waals surface area contributed by atoms with Gasteiger partial charge in [-0.2, -0.15) is 10.2 Å². The maximum atomic E-state index is 14.7. The molecule has 7 heterocycles. The molecule has 2 aromatic carbocycles. The van der Waals surface area contributed by atoms with E-state index in [1.807, 2.05) is 34.1 Å². The number of halogens is 2. The van der Waals surface area contributed by atoms with Gasteiger partial charge in [0, 0.05) is 107 Å². The lowest BCUT2D eigenvalue weighted by Crippen LogP contribution is -2.46. The van der Waals surface area contributed by atoms with Crippen molar-refractivity contribution in [2.75, 3.05) is 42.9 Å². The number of carbonyl (C=O) groups excluding carboxylic acids is 3. The van der Waals surface area contributed by atoms with Crippen molar-refractivity contribution in [1.29, 1.82) is 0 Å². The van der Waals surface area contributed by atoms with Crippen LogP contribution in [-0.2, 0) is 47.9 Å². The van der Waals surface area contributed by atoms with Crippen molar-refractivity contribution in [2.24, 2.45) is 14.1 Å². The van der Waals surface area contributed by atoms with Gasteiger partial charge >= 0.3 is 5.69 Å². The van der Waals surface area contributed by atoms with E-state index in [1.165, 1.54) is 4.57 Å². The van der Waals surface area contributed by atoms with Crippen molar-refractivity contribution in [3.8, 4) is 11.1 Å². The Hall–Kier alpha value is -6.04. The van der Waals surface area contributed by atoms with E-state index in [0.29, 0.717) is 87.1 Å². The van der Waals surface area contributed by atoms with Crippen LogP contribution in [0.4, 0.5) is 26.0 Å². The van der Waals surface area contributed by atoms with E-state index in [-0.39, 0.29) is 35.0 Å². The highest BCUT2D eigenvalue weighted by Crippen LogP contribution is 2.44. The average Bonchev–Trinajstić information content (AvgIpc) is 3.97. The number of fused-ring (bicyclic) bond motifs is 3. The maximum absolute atomic E-state index is 14.7. The summed E-state index contributed by atoms with van der Waals surface area (Å²) >= 11 is 0. The van der Waals surface area contributed by atoms with E-state index >= 15 is 0 Å². The van der Waals surface area contributed by atoms with Crippen LogP contribution in [0.5, 0.6) is 0 Å². The highest BCUT2D eigenvalue weighted by Gasteiger charge is 2.36. The summed E-state index contributed by atoms with van der Waals surface area (Å²) in [6.45, 7) is 5.13. The van der Waals surface area contributed by atoms with Crippen LogP contribution in [0.2, 0.25) is 0 Å². The van der Waals surface area contributed by atoms with Gasteiger partial charge in [-0.05, 0) is 92.8 Å². The fraction of sp³-hybridized carbons (Fsp3) is 0.522. The number of aliphatic hydroxyl groups is 1. The number of alkyl halides is 2. The molecule has 5 aromatic rings. The number of benzene rings is 2. The summed E-state index contributed by atoms with van der Waals surface area (Å²) in [5.74, 6) is 0.497. The SMILES string of the molecule is CC(=O)N1CCc2c(c(N3CCCc4cc(-c5cnn(C)c5)c(C(F)F)cc43)nn2C2CCN(C(=O)CCCCCNc3ccc4c(c3)n(C)c(=O)n4[C@@H]3CCC(O)NC3=O)CC2)C1. The molecule has 4 aliphatic rings. The van der Waals surface area contributed by atoms with Crippen molar-refractivity contribution in [3.05, 3.63) is 75.6 Å². The maximum Gasteiger partial charge on any atom is 0.329 e. The summed E-state index contributed by atoms with van der Waals surface area (Å²) in [6, 6.07) is 8.57. The van der Waals surface area contributed by atoms with Gasteiger partial charge in [-0.15, -0.1) is 0 Å². The van der Waals surface area contributed by atoms with Crippen molar-refractivity contribution in [1.82, 2.24) is 43.8 Å². The molecule has 4 aliphatic heterocycles. The summed E-state index contributed by atoms with van der Waals surface area (Å²) < 4.78 is 36.2. The lowest BCUT2D eigenvalue weighted by Gasteiger charge is -2.34. The number of piperidine rings is 2. The lowest BCUT2D eigenvalue weighted by atomic mass is 9.92. The Morgan fingerprint density at radius 2 is 1.77 bits per heavy atom. The predicted octanol–water partition coefficient (Wildman–Crippen LogP) is 5.47. The first kappa shape index (κ1) is 43.2. The predicted molar refractivity (Wildman–Crippen MR) is 237 cm³/mol. The first-order chi connectivity index (χ1) is 30.9. The molecule has 3 amide bonds. The fourth-order valence-corrected chi connectivity index (χ4v) is 10.2. The van der Waals surface area contributed by atoms with E-state index in [2.05, 4.69) is 25.3 Å². The third-order valence-electron chi connectivity index (χ3n) is 13.7. The number of anilines is 3. The van der Waals surface area contributed by atoms with E-state index in [0.717, 1.165) is 79.0 Å². The minimum Gasteiger partial charge on any atom is -0.385 e. The fourth-order valence-electron chi connectivity index (χ4n) is 10.2. The smallest absolute Gasteiger partial charge is 0.329 e. The van der Waals surface area contributed by atoms with Crippen LogP contribution >= 0.6 is 0 Å². The Morgan fingerprint density at radius 1 is 0.953 bits per heavy atom. The van der Waals surface area contributed by atoms with Gasteiger partial charge < -0.3 is 30.4 Å². The molecule has 16 nitrogen and oxygen atoms in total. The van der Waals surface area contributed by atoms with Crippen LogP contribution in [0.15, 0.2) is 47.5 Å². The monoisotopic (exact) mass is 881 g/mol. The minimum absolute atomic E-state index is 0.0120. The number of aliphatic hydroxyl groups excluding tert-OH is 1. The standard InChI is InChI=1S/C46H57F2N11O5/c1-28(60)56-21-16-36-35(27-56)44(57-18-7-8-29-22-33(30-25-50-53(2)26-30)34(43(47)48)24-39(29)57)52-59(36)32-14-19-55(20-15-32)42(62)9-5-4-6-17-49-31-10-11-37-40(23-31)54(3)46(64)58(37)38-12-13-41(61)51-45(38)63/h10-11,22-26,32,38,41,43,49,61H,4-9,12-21,27H2,1-3H3,(H,51,63)/t38-,41?/m1/s1. The molecule has 2 fully saturated rings. The second-order valence-corrected chi connectivity index (χ2v) is 17.8. The molecule has 9 rings (SSSR count). The molecule has 0 saturated carbocycles. The molecule has 0 bridgehead atoms. The van der Waals surface area contributed by atoms with Crippen LogP contribution in [0, 0.1) is 0 Å². The van der Waals surface area contributed by atoms with Crippen LogP contribution in [0.1, 0.15) is 106 Å². The number of carbonyl (C=O) groups is 3. The molecule has 3 aromatic heterocycles. The Morgan fingerprint density at radius 3 is 2.50 bits per heavy atom. The van der Waals surface area contributed by atoms with Crippen molar-refractivity contribution < 1.29 is 28.3 Å². The highest BCUT2D eigenvalue weighted by molar-refractivity contribution is 5.86. The average molecular weight is 882 g/mol. The third kappa shape index (κ3) is 8.27. The lowest BCUT2D eigenvalue weighted by molar-refractivity contribution is -0.133. The van der Waals surface area contributed by atoms with Crippen LogP contribution in [0.25, 0.3) is 22.2 Å². The number of hydrogen-bond donors (Lipinski definition) is 3. The largest absolute Gasteiger partial charge is 0.385 e. The molecule has 1 unspecified atom stereocenters. The Labute approximate surface area is 369 Å². The van der Waals surface area contributed by atoms with Gasteiger partial charge in [0.1, 0.15) is 12.3 Å². The summed E-state index contributed by atoms with van der Waals surface area (Å²) in [7, 11) is 3.46. The summed E-state index contributed by atoms with van der Waals surface area (Å²) in [5, 5.41) is 25.3. The number of nitrogens with zero attached hydrogens (tertiary/aromatic N) is 9. The van der Waals surface area contributed by atoms with Gasteiger partial charge in [0.05, 0.1) is 29.8 Å². The molecule has 2 atom stereocenters. The van der Waals surface area contributed by atoms with E-state index in [4.69, 9.17) is 5.10 Å². The van der Waals surface area contributed by atoms with Gasteiger partial charge in [0.15, 0.2) is 5.82 Å². The van der Waals surface area contributed by atoms with Crippen molar-refractivity contribution in [2.45, 2.75) is 109 Å². The first-order valence-corrected chi connectivity index (χ1v) is 22.6. The molecule has 18 heteroatoms. The number of hydrogen-bond acceptors (Lipinski definition) is 9. The highest BCUT2D eigenvalue weighted by atomic mass is 19.3. The number of rotatable bonds is 12. The number of aryl methyl sites for hydroxylation is 3. The molecule has 3 N–H and O–H groups in total. The zero-order valence-corrected chi connectivity index (χ0v) is 36.7. The second-order valence-electron chi connectivity index (χ2n) is 17.8. The molecule has 64 heavy (non-hydrogen) atoms. The van der Waals surface area contributed by atoms with Gasteiger partial charge in [-0.3, -0.25) is 32.9 Å². The number of likely N-dealkylation sites (tertiary alicyclic amines) is 1. The summed E-state index contributed by atoms with van der Waals surface area (Å²) in [6.07, 6.45) is 7.26. The van der Waals surface area contributed by atoms with Gasteiger partial charge in [0.2, 0.25) is 17.7 Å². The van der Waals surface area contributed by atoms with E-state index in [9.17, 15) is 33.1 Å². The zero-order valence-electron chi connectivity index (χ0n) is 36.7. The molecule has 0 radical (unpaired) electrons. The minimum atomic E-state index is -2.68. The van der Waals surface area contributed by atoms with Gasteiger partial charge in [0.25, 0.3) is 6.43 Å². The van der Waals surface area contributed by atoms with Crippen molar-refractivity contribution in [3.63, 3.8) is 0 Å². The zero-order chi connectivity index (χ0) is 44.8. The quantitative estimate of drug-likeness (QED) is 0.138. The molecule has 0 aliphatic carbocycles. The molecule has 0 spiro atoms. The number of aromatic nitrogens is 6. The normalized spacial score (nSPS) is 19.3. The number of unbranched alkanes of at least 4 members (excludes halogenated alkanes) is 2. The molecule has 340 valence electrons. The molecule has 2 saturated heterocycles. The summed E-state index contributed by atoms with van der Waals surface area (Å²) in [4.78, 5) is 57.6. The first-order valence-electron chi connectivity index (χ1n) is 22.6. The van der Waals surface area contributed by atoms with E-state index < -0.39 is 18.7 Å². The van der Waals surface area contributed by atoms with Crippen LogP contribution in [-0.4, -0.2) is 100 Å².